The molecule has 20 heavy (non-hydrogen) atoms. The van der Waals surface area contributed by atoms with Crippen molar-refractivity contribution >= 4 is 16.5 Å². The van der Waals surface area contributed by atoms with Crippen LogP contribution in [0.4, 0.5) is 5.13 Å². The van der Waals surface area contributed by atoms with Crippen LogP contribution in [0.15, 0.2) is 35.7 Å². The van der Waals surface area contributed by atoms with Crippen LogP contribution in [0.2, 0.25) is 0 Å². The SMILES string of the molecule is CCCNCc1csc(N(CC)Cc2ccccc2)n1. The molecule has 0 unspecified atom stereocenters. The number of rotatable bonds is 8. The minimum Gasteiger partial charge on any atom is -0.344 e. The van der Waals surface area contributed by atoms with Crippen LogP contribution in [0.1, 0.15) is 31.5 Å². The second kappa shape index (κ2) is 8.02. The molecule has 4 heteroatoms. The quantitative estimate of drug-likeness (QED) is 0.752. The van der Waals surface area contributed by atoms with Gasteiger partial charge in [0.15, 0.2) is 5.13 Å². The molecule has 1 N–H and O–H groups in total. The first kappa shape index (κ1) is 15.0. The van der Waals surface area contributed by atoms with E-state index in [-0.39, 0.29) is 0 Å². The van der Waals surface area contributed by atoms with Gasteiger partial charge in [0.05, 0.1) is 5.69 Å². The van der Waals surface area contributed by atoms with Gasteiger partial charge in [-0.05, 0) is 25.5 Å². The van der Waals surface area contributed by atoms with Gasteiger partial charge in [0.2, 0.25) is 0 Å². The summed E-state index contributed by atoms with van der Waals surface area (Å²) in [7, 11) is 0. The highest BCUT2D eigenvalue weighted by Gasteiger charge is 2.09. The Morgan fingerprint density at radius 2 is 2.00 bits per heavy atom. The zero-order valence-electron chi connectivity index (χ0n) is 12.3. The first-order valence-electron chi connectivity index (χ1n) is 7.27. The molecule has 1 heterocycles. The largest absolute Gasteiger partial charge is 0.344 e. The van der Waals surface area contributed by atoms with Gasteiger partial charge in [0.25, 0.3) is 0 Å². The molecule has 0 aliphatic heterocycles. The summed E-state index contributed by atoms with van der Waals surface area (Å²) in [5, 5.41) is 6.67. The van der Waals surface area contributed by atoms with Crippen LogP contribution in [0, 0.1) is 0 Å². The molecule has 0 saturated heterocycles. The Balaban J connectivity index is 1.97. The van der Waals surface area contributed by atoms with E-state index in [0.29, 0.717) is 0 Å². The lowest BCUT2D eigenvalue weighted by Gasteiger charge is -2.19. The lowest BCUT2D eigenvalue weighted by Crippen LogP contribution is -2.22. The van der Waals surface area contributed by atoms with Crippen molar-refractivity contribution in [2.75, 3.05) is 18.0 Å². The van der Waals surface area contributed by atoms with Crippen molar-refractivity contribution in [1.82, 2.24) is 10.3 Å². The first-order chi connectivity index (χ1) is 9.83. The molecule has 0 atom stereocenters. The Kier molecular flexibility index (Phi) is 6.02. The Hall–Kier alpha value is -1.39. The summed E-state index contributed by atoms with van der Waals surface area (Å²) in [6.07, 6.45) is 1.16. The van der Waals surface area contributed by atoms with Crippen molar-refractivity contribution < 1.29 is 0 Å². The summed E-state index contributed by atoms with van der Waals surface area (Å²) in [5.74, 6) is 0. The van der Waals surface area contributed by atoms with Gasteiger partial charge in [0, 0.05) is 25.0 Å². The van der Waals surface area contributed by atoms with Crippen LogP contribution in [0.3, 0.4) is 0 Å². The average Bonchev–Trinajstić information content (AvgIpc) is 2.95. The maximum Gasteiger partial charge on any atom is 0.185 e. The number of nitrogens with zero attached hydrogens (tertiary/aromatic N) is 2. The molecule has 108 valence electrons. The highest BCUT2D eigenvalue weighted by atomic mass is 32.1. The van der Waals surface area contributed by atoms with Crippen LogP contribution < -0.4 is 10.2 Å². The van der Waals surface area contributed by atoms with Crippen molar-refractivity contribution in [2.24, 2.45) is 0 Å². The lowest BCUT2D eigenvalue weighted by molar-refractivity contribution is 0.665. The summed E-state index contributed by atoms with van der Waals surface area (Å²) >= 11 is 1.73. The van der Waals surface area contributed by atoms with Gasteiger partial charge < -0.3 is 10.2 Å². The van der Waals surface area contributed by atoms with Crippen molar-refractivity contribution in [1.29, 1.82) is 0 Å². The van der Waals surface area contributed by atoms with E-state index in [1.165, 1.54) is 5.56 Å². The smallest absolute Gasteiger partial charge is 0.185 e. The number of hydrogen-bond donors (Lipinski definition) is 1. The Labute approximate surface area is 125 Å². The summed E-state index contributed by atoms with van der Waals surface area (Å²) < 4.78 is 0. The molecular formula is C16H23N3S. The molecule has 0 bridgehead atoms. The predicted octanol–water partition coefficient (Wildman–Crippen LogP) is 3.67. The molecule has 1 aromatic carbocycles. The first-order valence-corrected chi connectivity index (χ1v) is 8.15. The minimum absolute atomic E-state index is 0.868. The molecule has 0 amide bonds. The van der Waals surface area contributed by atoms with Crippen molar-refractivity contribution in [3.8, 4) is 0 Å². The van der Waals surface area contributed by atoms with E-state index in [2.05, 4.69) is 59.8 Å². The van der Waals surface area contributed by atoms with Crippen molar-refractivity contribution in [2.45, 2.75) is 33.4 Å². The molecule has 0 aliphatic carbocycles. The minimum atomic E-state index is 0.868. The third-order valence-corrected chi connectivity index (χ3v) is 4.09. The number of nitrogens with one attached hydrogen (secondary N) is 1. The average molecular weight is 289 g/mol. The second-order valence-corrected chi connectivity index (χ2v) is 5.63. The van der Waals surface area contributed by atoms with Crippen molar-refractivity contribution in [3.63, 3.8) is 0 Å². The summed E-state index contributed by atoms with van der Waals surface area (Å²) in [6, 6.07) is 10.6. The Morgan fingerprint density at radius 1 is 1.20 bits per heavy atom. The standard InChI is InChI=1S/C16H23N3S/c1-3-10-17-11-15-13-20-16(18-15)19(4-2)12-14-8-6-5-7-9-14/h5-9,13,17H,3-4,10-12H2,1-2H3. The number of anilines is 1. The van der Waals surface area contributed by atoms with E-state index in [0.717, 1.165) is 43.4 Å². The summed E-state index contributed by atoms with van der Waals surface area (Å²) in [4.78, 5) is 7.05. The molecule has 0 spiro atoms. The zero-order chi connectivity index (χ0) is 14.2. The van der Waals surface area contributed by atoms with E-state index < -0.39 is 0 Å². The topological polar surface area (TPSA) is 28.2 Å². The predicted molar refractivity (Wildman–Crippen MR) is 87.3 cm³/mol. The van der Waals surface area contributed by atoms with E-state index in [4.69, 9.17) is 4.98 Å². The molecule has 2 rings (SSSR count). The van der Waals surface area contributed by atoms with E-state index in [1.807, 2.05) is 0 Å². The molecule has 0 fully saturated rings. The number of thiazole rings is 1. The van der Waals surface area contributed by atoms with Crippen LogP contribution >= 0.6 is 11.3 Å². The van der Waals surface area contributed by atoms with Crippen LogP contribution in [-0.4, -0.2) is 18.1 Å². The molecule has 0 aliphatic rings. The van der Waals surface area contributed by atoms with E-state index >= 15 is 0 Å². The van der Waals surface area contributed by atoms with Gasteiger partial charge in [-0.25, -0.2) is 4.98 Å². The fourth-order valence-electron chi connectivity index (χ4n) is 2.03. The maximum absolute atomic E-state index is 4.73. The number of benzene rings is 1. The highest BCUT2D eigenvalue weighted by Crippen LogP contribution is 2.22. The van der Waals surface area contributed by atoms with E-state index in [9.17, 15) is 0 Å². The normalized spacial score (nSPS) is 10.7. The van der Waals surface area contributed by atoms with Gasteiger partial charge in [0.1, 0.15) is 0 Å². The van der Waals surface area contributed by atoms with Crippen molar-refractivity contribution in [3.05, 3.63) is 47.0 Å². The van der Waals surface area contributed by atoms with Gasteiger partial charge in [-0.3, -0.25) is 0 Å². The number of aromatic nitrogens is 1. The highest BCUT2D eigenvalue weighted by molar-refractivity contribution is 7.13. The Morgan fingerprint density at radius 3 is 2.70 bits per heavy atom. The van der Waals surface area contributed by atoms with Crippen LogP contribution in [0.5, 0.6) is 0 Å². The monoisotopic (exact) mass is 289 g/mol. The zero-order valence-corrected chi connectivity index (χ0v) is 13.1. The van der Waals surface area contributed by atoms with Crippen LogP contribution in [0.25, 0.3) is 0 Å². The van der Waals surface area contributed by atoms with Gasteiger partial charge in [-0.2, -0.15) is 0 Å². The number of hydrogen-bond acceptors (Lipinski definition) is 4. The maximum atomic E-state index is 4.73. The fraction of sp³-hybridized carbons (Fsp3) is 0.438. The van der Waals surface area contributed by atoms with Gasteiger partial charge in [-0.15, -0.1) is 11.3 Å². The molecule has 2 aromatic rings. The van der Waals surface area contributed by atoms with Gasteiger partial charge in [-0.1, -0.05) is 37.3 Å². The summed E-state index contributed by atoms with van der Waals surface area (Å²) in [6.45, 7) is 8.18. The Bertz CT molecular complexity index is 495. The molecule has 3 nitrogen and oxygen atoms in total. The summed E-state index contributed by atoms with van der Waals surface area (Å²) in [5.41, 5.74) is 2.47. The fourth-order valence-corrected chi connectivity index (χ4v) is 2.92. The molecule has 0 saturated carbocycles. The lowest BCUT2D eigenvalue weighted by atomic mass is 10.2. The van der Waals surface area contributed by atoms with E-state index in [1.54, 1.807) is 11.3 Å². The second-order valence-electron chi connectivity index (χ2n) is 4.80. The third-order valence-electron chi connectivity index (χ3n) is 3.14. The van der Waals surface area contributed by atoms with Crippen LogP contribution in [-0.2, 0) is 13.1 Å². The molecular weight excluding hydrogens is 266 g/mol. The van der Waals surface area contributed by atoms with Gasteiger partial charge >= 0.3 is 0 Å². The molecule has 1 aromatic heterocycles. The third kappa shape index (κ3) is 4.32. The molecule has 0 radical (unpaired) electrons.